The number of para-hydroxylation sites is 1. The van der Waals surface area contributed by atoms with Crippen LogP contribution in [0.5, 0.6) is 0 Å². The normalized spacial score (nSPS) is 21.1. The predicted molar refractivity (Wildman–Crippen MR) is 87.2 cm³/mol. The first-order valence-corrected chi connectivity index (χ1v) is 7.79. The Hall–Kier alpha value is -2.15. The van der Waals surface area contributed by atoms with Crippen molar-refractivity contribution in [3.05, 3.63) is 63.8 Å². The summed E-state index contributed by atoms with van der Waals surface area (Å²) >= 11 is 6.14. The minimum absolute atomic E-state index is 0.191. The second-order valence-corrected chi connectivity index (χ2v) is 6.05. The zero-order valence-electron chi connectivity index (χ0n) is 12.2. The molecule has 0 aliphatic carbocycles. The highest BCUT2D eigenvalue weighted by Gasteiger charge is 2.29. The van der Waals surface area contributed by atoms with E-state index < -0.39 is 6.10 Å². The summed E-state index contributed by atoms with van der Waals surface area (Å²) < 4.78 is 3.07. The predicted octanol–water partition coefficient (Wildman–Crippen LogP) is 1.53. The molecule has 0 amide bonds. The van der Waals surface area contributed by atoms with Crippen LogP contribution in [-0.4, -0.2) is 31.9 Å². The molecule has 1 saturated heterocycles. The van der Waals surface area contributed by atoms with E-state index in [2.05, 4.69) is 10.4 Å². The summed E-state index contributed by atoms with van der Waals surface area (Å²) in [6.45, 7) is 0.486. The number of halogens is 1. The fraction of sp³-hybridized carbons (Fsp3) is 0.250. The lowest BCUT2D eigenvalue weighted by Gasteiger charge is -2.17. The van der Waals surface area contributed by atoms with Crippen molar-refractivity contribution >= 4 is 17.1 Å². The van der Waals surface area contributed by atoms with Gasteiger partial charge in [0.1, 0.15) is 5.52 Å². The molecule has 3 aromatic rings. The number of aromatic nitrogens is 3. The monoisotopic (exact) mass is 330 g/mol. The molecule has 0 radical (unpaired) electrons. The maximum Gasteiger partial charge on any atom is 0.284 e. The first-order chi connectivity index (χ1) is 11.1. The zero-order chi connectivity index (χ0) is 16.0. The minimum atomic E-state index is -0.440. The first-order valence-electron chi connectivity index (χ1n) is 7.42. The van der Waals surface area contributed by atoms with E-state index in [1.54, 1.807) is 16.8 Å². The van der Waals surface area contributed by atoms with Crippen molar-refractivity contribution in [2.75, 3.05) is 6.54 Å². The number of rotatable bonds is 2. The number of hydrogen-bond donors (Lipinski definition) is 2. The molecule has 23 heavy (non-hydrogen) atoms. The van der Waals surface area contributed by atoms with Gasteiger partial charge in [0.05, 0.1) is 22.9 Å². The van der Waals surface area contributed by atoms with E-state index >= 15 is 0 Å². The summed E-state index contributed by atoms with van der Waals surface area (Å²) in [6.07, 6.45) is 1.74. The maximum atomic E-state index is 13.0. The summed E-state index contributed by atoms with van der Waals surface area (Å²) in [5.74, 6) is 0.567. The molecule has 3 heterocycles. The molecule has 1 fully saturated rings. The van der Waals surface area contributed by atoms with E-state index in [1.165, 1.54) is 4.52 Å². The maximum absolute atomic E-state index is 13.0. The highest BCUT2D eigenvalue weighted by Crippen LogP contribution is 2.24. The smallest absolute Gasteiger partial charge is 0.284 e. The molecule has 118 valence electrons. The number of benzene rings is 1. The third-order valence-electron chi connectivity index (χ3n) is 4.10. The van der Waals surface area contributed by atoms with Gasteiger partial charge in [-0.15, -0.1) is 0 Å². The molecule has 7 heteroatoms. The Morgan fingerprint density at radius 2 is 2.04 bits per heavy atom. The Balaban J connectivity index is 2.02. The van der Waals surface area contributed by atoms with Crippen LogP contribution in [0.4, 0.5) is 0 Å². The van der Waals surface area contributed by atoms with Crippen LogP contribution in [0.2, 0.25) is 5.02 Å². The molecule has 0 spiro atoms. The number of aliphatic hydroxyl groups excluding tert-OH is 1. The van der Waals surface area contributed by atoms with Gasteiger partial charge in [-0.25, -0.2) is 4.52 Å². The van der Waals surface area contributed by atoms with Crippen molar-refractivity contribution in [3.63, 3.8) is 0 Å². The lowest BCUT2D eigenvalue weighted by atomic mass is 10.2. The zero-order valence-corrected chi connectivity index (χ0v) is 12.9. The Labute approximate surface area is 136 Å². The highest BCUT2D eigenvalue weighted by atomic mass is 35.5. The lowest BCUT2D eigenvalue weighted by Crippen LogP contribution is -2.30. The van der Waals surface area contributed by atoms with Gasteiger partial charge in [0.2, 0.25) is 0 Å². The van der Waals surface area contributed by atoms with Gasteiger partial charge in [-0.05, 0) is 24.6 Å². The van der Waals surface area contributed by atoms with Crippen LogP contribution < -0.4 is 10.9 Å². The van der Waals surface area contributed by atoms with E-state index in [0.29, 0.717) is 29.3 Å². The van der Waals surface area contributed by atoms with E-state index in [-0.39, 0.29) is 11.6 Å². The molecule has 2 N–H and O–H groups in total. The van der Waals surface area contributed by atoms with Crippen LogP contribution in [0, 0.1) is 0 Å². The number of nitrogens with zero attached hydrogens (tertiary/aromatic N) is 3. The van der Waals surface area contributed by atoms with Gasteiger partial charge in [0.15, 0.2) is 5.82 Å². The van der Waals surface area contributed by atoms with Crippen LogP contribution in [0.3, 0.4) is 0 Å². The Morgan fingerprint density at radius 1 is 1.26 bits per heavy atom. The Morgan fingerprint density at radius 3 is 2.74 bits per heavy atom. The molecule has 4 rings (SSSR count). The molecule has 1 aromatic carbocycles. The molecule has 0 saturated carbocycles. The molecule has 2 aromatic heterocycles. The van der Waals surface area contributed by atoms with E-state index in [4.69, 9.17) is 11.6 Å². The molecule has 2 unspecified atom stereocenters. The second-order valence-electron chi connectivity index (χ2n) is 5.64. The average Bonchev–Trinajstić information content (AvgIpc) is 3.14. The van der Waals surface area contributed by atoms with Gasteiger partial charge in [0, 0.05) is 12.7 Å². The number of hydrogen-bond acceptors (Lipinski definition) is 4. The second kappa shape index (κ2) is 5.49. The number of nitrogens with one attached hydrogen (secondary N) is 1. The number of aliphatic hydroxyl groups is 1. The van der Waals surface area contributed by atoms with Crippen LogP contribution in [0.1, 0.15) is 18.3 Å². The standard InChI is InChI=1S/C16H15ClN4O2/c17-12-6-7-20-14(12)16(23)21(10-4-2-1-3-5-10)15(19-20)13-8-11(22)9-18-13/h1-7,11,13,18,22H,8-9H2. The van der Waals surface area contributed by atoms with E-state index in [0.717, 1.165) is 5.69 Å². The van der Waals surface area contributed by atoms with Gasteiger partial charge in [-0.3, -0.25) is 9.36 Å². The van der Waals surface area contributed by atoms with Crippen LogP contribution in [0.25, 0.3) is 11.2 Å². The van der Waals surface area contributed by atoms with E-state index in [1.807, 2.05) is 30.3 Å². The summed E-state index contributed by atoms with van der Waals surface area (Å²) in [4.78, 5) is 13.0. The minimum Gasteiger partial charge on any atom is -0.392 e. The van der Waals surface area contributed by atoms with Crippen molar-refractivity contribution in [1.29, 1.82) is 0 Å². The molecule has 1 aliphatic heterocycles. The van der Waals surface area contributed by atoms with Crippen molar-refractivity contribution in [1.82, 2.24) is 19.5 Å². The Bertz CT molecular complexity index is 919. The summed E-state index contributed by atoms with van der Waals surface area (Å²) in [5, 5.41) is 18.0. The molecular formula is C16H15ClN4O2. The largest absolute Gasteiger partial charge is 0.392 e. The molecule has 6 nitrogen and oxygen atoms in total. The van der Waals surface area contributed by atoms with Crippen molar-refractivity contribution in [2.45, 2.75) is 18.6 Å². The quantitative estimate of drug-likeness (QED) is 0.747. The SMILES string of the molecule is O=c1c2c(Cl)ccn2nc(C2CC(O)CN2)n1-c1ccccc1. The van der Waals surface area contributed by atoms with Gasteiger partial charge < -0.3 is 10.4 Å². The Kier molecular flexibility index (Phi) is 3.45. The van der Waals surface area contributed by atoms with Crippen LogP contribution in [0.15, 0.2) is 47.4 Å². The van der Waals surface area contributed by atoms with Crippen LogP contribution in [-0.2, 0) is 0 Å². The molecular weight excluding hydrogens is 316 g/mol. The molecule has 0 bridgehead atoms. The van der Waals surface area contributed by atoms with E-state index in [9.17, 15) is 9.90 Å². The summed E-state index contributed by atoms with van der Waals surface area (Å²) in [5.41, 5.74) is 0.847. The third kappa shape index (κ3) is 2.35. The average molecular weight is 331 g/mol. The van der Waals surface area contributed by atoms with Gasteiger partial charge >= 0.3 is 0 Å². The molecule has 2 atom stereocenters. The van der Waals surface area contributed by atoms with Gasteiger partial charge in [-0.1, -0.05) is 29.8 Å². The summed E-state index contributed by atoms with van der Waals surface area (Å²) in [7, 11) is 0. The fourth-order valence-electron chi connectivity index (χ4n) is 3.01. The summed E-state index contributed by atoms with van der Waals surface area (Å²) in [6, 6.07) is 10.8. The van der Waals surface area contributed by atoms with Crippen molar-refractivity contribution in [3.8, 4) is 5.69 Å². The first kappa shape index (κ1) is 14.4. The lowest BCUT2D eigenvalue weighted by molar-refractivity contribution is 0.192. The van der Waals surface area contributed by atoms with Gasteiger partial charge in [0.25, 0.3) is 5.56 Å². The third-order valence-corrected chi connectivity index (χ3v) is 4.40. The fourth-order valence-corrected chi connectivity index (χ4v) is 3.24. The number of β-amino-alcohol motifs (C(OH)–C–C–N with tert-alkyl or cyclic N) is 1. The number of fused-ring (bicyclic) bond motifs is 1. The topological polar surface area (TPSA) is 71.6 Å². The highest BCUT2D eigenvalue weighted by molar-refractivity contribution is 6.33. The molecule has 1 aliphatic rings. The van der Waals surface area contributed by atoms with Crippen molar-refractivity contribution in [2.24, 2.45) is 0 Å². The van der Waals surface area contributed by atoms with Crippen LogP contribution >= 0.6 is 11.6 Å². The van der Waals surface area contributed by atoms with Gasteiger partial charge in [-0.2, -0.15) is 5.10 Å². The van der Waals surface area contributed by atoms with Crippen molar-refractivity contribution < 1.29 is 5.11 Å².